The average molecular weight is 200 g/mol. The highest BCUT2D eigenvalue weighted by molar-refractivity contribution is 5.69. The van der Waals surface area contributed by atoms with E-state index < -0.39 is 18.0 Å². The van der Waals surface area contributed by atoms with E-state index in [-0.39, 0.29) is 5.92 Å². The van der Waals surface area contributed by atoms with E-state index in [0.717, 1.165) is 12.8 Å². The molecule has 0 spiro atoms. The van der Waals surface area contributed by atoms with Crippen molar-refractivity contribution in [3.05, 3.63) is 0 Å². The summed E-state index contributed by atoms with van der Waals surface area (Å²) in [5, 5.41) is 18.8. The van der Waals surface area contributed by atoms with Crippen molar-refractivity contribution in [2.45, 2.75) is 45.6 Å². The maximum absolute atomic E-state index is 10.7. The second-order valence-electron chi connectivity index (χ2n) is 4.52. The lowest BCUT2D eigenvalue weighted by atomic mass is 9.83. The molecular formula is C11H20O3. The van der Waals surface area contributed by atoms with E-state index in [0.29, 0.717) is 5.92 Å². The smallest absolute Gasteiger partial charge is 0.306 e. The van der Waals surface area contributed by atoms with Crippen molar-refractivity contribution in [3.63, 3.8) is 0 Å². The summed E-state index contributed by atoms with van der Waals surface area (Å²) in [4.78, 5) is 10.7. The number of aliphatic carboxylic acids is 1. The van der Waals surface area contributed by atoms with Gasteiger partial charge in [0.2, 0.25) is 0 Å². The number of carboxylic acids is 1. The number of carbonyl (C=O) groups is 1. The van der Waals surface area contributed by atoms with Gasteiger partial charge in [0, 0.05) is 0 Å². The fourth-order valence-corrected chi connectivity index (χ4v) is 2.25. The van der Waals surface area contributed by atoms with Gasteiger partial charge < -0.3 is 10.2 Å². The van der Waals surface area contributed by atoms with Crippen LogP contribution in [-0.2, 0) is 4.79 Å². The third-order valence-corrected chi connectivity index (χ3v) is 3.60. The first-order valence-corrected chi connectivity index (χ1v) is 5.45. The van der Waals surface area contributed by atoms with Gasteiger partial charge in [-0.1, -0.05) is 26.7 Å². The minimum Gasteiger partial charge on any atom is -0.481 e. The Morgan fingerprint density at radius 1 is 1.29 bits per heavy atom. The third-order valence-electron chi connectivity index (χ3n) is 3.60. The highest BCUT2D eigenvalue weighted by Gasteiger charge is 2.32. The van der Waals surface area contributed by atoms with Crippen LogP contribution in [0.3, 0.4) is 0 Å². The normalized spacial score (nSPS) is 24.5. The van der Waals surface area contributed by atoms with Crippen molar-refractivity contribution < 1.29 is 15.0 Å². The Labute approximate surface area is 85.1 Å². The maximum atomic E-state index is 10.7. The van der Waals surface area contributed by atoms with Gasteiger partial charge in [-0.2, -0.15) is 0 Å². The lowest BCUT2D eigenvalue weighted by molar-refractivity contribution is -0.144. The van der Waals surface area contributed by atoms with Gasteiger partial charge in [0.05, 0.1) is 12.0 Å². The fourth-order valence-electron chi connectivity index (χ4n) is 2.25. The van der Waals surface area contributed by atoms with Crippen LogP contribution in [0.15, 0.2) is 0 Å². The van der Waals surface area contributed by atoms with E-state index in [4.69, 9.17) is 5.11 Å². The van der Waals surface area contributed by atoms with Gasteiger partial charge in [-0.05, 0) is 24.7 Å². The molecule has 82 valence electrons. The van der Waals surface area contributed by atoms with Crippen LogP contribution in [0.1, 0.15) is 39.5 Å². The average Bonchev–Trinajstić information content (AvgIpc) is 2.67. The van der Waals surface area contributed by atoms with Gasteiger partial charge in [0.1, 0.15) is 0 Å². The molecule has 0 amide bonds. The molecule has 0 saturated heterocycles. The molecule has 3 heteroatoms. The quantitative estimate of drug-likeness (QED) is 0.728. The molecule has 1 aliphatic carbocycles. The highest BCUT2D eigenvalue weighted by atomic mass is 16.4. The molecule has 2 N–H and O–H groups in total. The van der Waals surface area contributed by atoms with E-state index in [1.165, 1.54) is 12.8 Å². The molecule has 0 aromatic heterocycles. The zero-order chi connectivity index (χ0) is 10.7. The molecule has 0 aliphatic heterocycles. The first-order valence-electron chi connectivity index (χ1n) is 5.45. The van der Waals surface area contributed by atoms with E-state index in [2.05, 4.69) is 0 Å². The van der Waals surface area contributed by atoms with Crippen LogP contribution in [0, 0.1) is 17.8 Å². The second-order valence-corrected chi connectivity index (χ2v) is 4.52. The first kappa shape index (κ1) is 11.5. The van der Waals surface area contributed by atoms with Crippen molar-refractivity contribution >= 4 is 5.97 Å². The van der Waals surface area contributed by atoms with E-state index >= 15 is 0 Å². The van der Waals surface area contributed by atoms with Crippen molar-refractivity contribution in [1.82, 2.24) is 0 Å². The van der Waals surface area contributed by atoms with Crippen LogP contribution in [0.25, 0.3) is 0 Å². The van der Waals surface area contributed by atoms with Gasteiger partial charge in [-0.3, -0.25) is 4.79 Å². The molecule has 1 aliphatic rings. The van der Waals surface area contributed by atoms with Gasteiger partial charge in [-0.15, -0.1) is 0 Å². The first-order chi connectivity index (χ1) is 6.54. The molecular weight excluding hydrogens is 180 g/mol. The zero-order valence-electron chi connectivity index (χ0n) is 8.94. The fraction of sp³-hybridized carbons (Fsp3) is 0.909. The van der Waals surface area contributed by atoms with Gasteiger partial charge in [-0.25, -0.2) is 0 Å². The lowest BCUT2D eigenvalue weighted by Gasteiger charge is -2.26. The topological polar surface area (TPSA) is 57.5 Å². The standard InChI is InChI=1S/C11H20O3/c1-7(8(2)11(13)14)10(12)9-5-3-4-6-9/h7-10,12H,3-6H2,1-2H3,(H,13,14). The van der Waals surface area contributed by atoms with Gasteiger partial charge in [0.15, 0.2) is 0 Å². The van der Waals surface area contributed by atoms with Crippen molar-refractivity contribution in [1.29, 1.82) is 0 Å². The molecule has 1 saturated carbocycles. The summed E-state index contributed by atoms with van der Waals surface area (Å²) < 4.78 is 0. The summed E-state index contributed by atoms with van der Waals surface area (Å²) in [6.07, 6.45) is 4.02. The third kappa shape index (κ3) is 2.47. The Bertz CT molecular complexity index is 197. The number of rotatable bonds is 4. The van der Waals surface area contributed by atoms with Crippen molar-refractivity contribution in [3.8, 4) is 0 Å². The summed E-state index contributed by atoms with van der Waals surface area (Å²) in [5.41, 5.74) is 0. The minimum absolute atomic E-state index is 0.143. The Kier molecular flexibility index (Phi) is 3.93. The van der Waals surface area contributed by atoms with E-state index in [9.17, 15) is 9.90 Å². The zero-order valence-corrected chi connectivity index (χ0v) is 8.94. The van der Waals surface area contributed by atoms with Gasteiger partial charge in [0.25, 0.3) is 0 Å². The Hall–Kier alpha value is -0.570. The summed E-state index contributed by atoms with van der Waals surface area (Å²) in [6, 6.07) is 0. The summed E-state index contributed by atoms with van der Waals surface area (Å²) in [6.45, 7) is 3.51. The van der Waals surface area contributed by atoms with Crippen molar-refractivity contribution in [2.24, 2.45) is 17.8 Å². The summed E-state index contributed by atoms with van der Waals surface area (Å²) >= 11 is 0. The summed E-state index contributed by atoms with van der Waals surface area (Å²) in [5.74, 6) is -1.08. The molecule has 3 unspecified atom stereocenters. The molecule has 0 heterocycles. The summed E-state index contributed by atoms with van der Waals surface area (Å²) in [7, 11) is 0. The molecule has 3 nitrogen and oxygen atoms in total. The highest BCUT2D eigenvalue weighted by Crippen LogP contribution is 2.32. The van der Waals surface area contributed by atoms with Gasteiger partial charge >= 0.3 is 5.97 Å². The number of carboxylic acid groups (broad SMARTS) is 1. The maximum Gasteiger partial charge on any atom is 0.306 e. The molecule has 0 aromatic rings. The van der Waals surface area contributed by atoms with Crippen LogP contribution in [0.5, 0.6) is 0 Å². The predicted molar refractivity (Wildman–Crippen MR) is 53.9 cm³/mol. The van der Waals surface area contributed by atoms with Crippen LogP contribution in [-0.4, -0.2) is 22.3 Å². The number of aliphatic hydroxyl groups is 1. The Morgan fingerprint density at radius 2 is 1.79 bits per heavy atom. The van der Waals surface area contributed by atoms with Crippen LogP contribution in [0.4, 0.5) is 0 Å². The second kappa shape index (κ2) is 4.78. The minimum atomic E-state index is -0.811. The Balaban J connectivity index is 2.49. The molecule has 1 fully saturated rings. The SMILES string of the molecule is CC(C(=O)O)C(C)C(O)C1CCCC1. The molecule has 0 radical (unpaired) electrons. The van der Waals surface area contributed by atoms with Crippen LogP contribution >= 0.6 is 0 Å². The van der Waals surface area contributed by atoms with E-state index in [1.54, 1.807) is 6.92 Å². The molecule has 0 aromatic carbocycles. The predicted octanol–water partition coefficient (Wildman–Crippen LogP) is 1.89. The molecule has 14 heavy (non-hydrogen) atoms. The lowest BCUT2D eigenvalue weighted by Crippen LogP contribution is -2.33. The van der Waals surface area contributed by atoms with E-state index in [1.807, 2.05) is 6.92 Å². The number of aliphatic hydroxyl groups excluding tert-OH is 1. The molecule has 3 atom stereocenters. The largest absolute Gasteiger partial charge is 0.481 e. The van der Waals surface area contributed by atoms with Crippen LogP contribution in [0.2, 0.25) is 0 Å². The van der Waals surface area contributed by atoms with Crippen LogP contribution < -0.4 is 0 Å². The molecule has 0 bridgehead atoms. The molecule has 1 rings (SSSR count). The van der Waals surface area contributed by atoms with Crippen molar-refractivity contribution in [2.75, 3.05) is 0 Å². The number of hydrogen-bond acceptors (Lipinski definition) is 2. The Morgan fingerprint density at radius 3 is 2.21 bits per heavy atom. The monoisotopic (exact) mass is 200 g/mol. The number of hydrogen-bond donors (Lipinski definition) is 2.